The van der Waals surface area contributed by atoms with Gasteiger partial charge in [0, 0.05) is 20.9 Å². The molecule has 0 bridgehead atoms. The Balaban J connectivity index is 1.50. The van der Waals surface area contributed by atoms with Gasteiger partial charge in [-0.3, -0.25) is 0 Å². The maximum atomic E-state index is 3.68. The number of benzene rings is 6. The lowest BCUT2D eigenvalue weighted by molar-refractivity contribution is 0.770. The molecule has 0 saturated carbocycles. The van der Waals surface area contributed by atoms with Crippen molar-refractivity contribution in [3.63, 3.8) is 0 Å². The summed E-state index contributed by atoms with van der Waals surface area (Å²) in [5.74, 6) is 0. The molecule has 184 valence electrons. The van der Waals surface area contributed by atoms with E-state index in [2.05, 4.69) is 166 Å². The molecule has 0 saturated heterocycles. The molecule has 8 rings (SSSR count). The van der Waals surface area contributed by atoms with E-state index in [1.165, 1.54) is 55.2 Å². The number of halogens is 1. The number of para-hydroxylation sites is 1. The zero-order chi connectivity index (χ0) is 26.0. The molecular formula is C37H24BrN. The Kier molecular flexibility index (Phi) is 4.95. The van der Waals surface area contributed by atoms with E-state index >= 15 is 0 Å². The molecule has 0 radical (unpaired) electrons. The maximum Gasteiger partial charge on any atom is 0.0713 e. The van der Waals surface area contributed by atoms with Crippen molar-refractivity contribution in [2.45, 2.75) is 5.41 Å². The summed E-state index contributed by atoms with van der Waals surface area (Å²) in [6.45, 7) is 0. The quantitative estimate of drug-likeness (QED) is 0.202. The monoisotopic (exact) mass is 561 g/mol. The molecular weight excluding hydrogens is 538 g/mol. The Bertz CT molecular complexity index is 1990. The molecule has 1 aliphatic rings. The highest BCUT2D eigenvalue weighted by Gasteiger charge is 2.45. The molecule has 0 N–H and O–H groups in total. The Morgan fingerprint density at radius 1 is 0.462 bits per heavy atom. The van der Waals surface area contributed by atoms with E-state index in [1.807, 2.05) is 0 Å². The van der Waals surface area contributed by atoms with E-state index in [0.717, 1.165) is 10.2 Å². The van der Waals surface area contributed by atoms with Crippen molar-refractivity contribution in [1.82, 2.24) is 4.57 Å². The van der Waals surface area contributed by atoms with Crippen molar-refractivity contribution in [3.8, 4) is 16.8 Å². The number of fused-ring (bicyclic) bond motifs is 6. The van der Waals surface area contributed by atoms with Gasteiger partial charge in [0.15, 0.2) is 0 Å². The van der Waals surface area contributed by atoms with Crippen LogP contribution >= 0.6 is 15.9 Å². The summed E-state index contributed by atoms with van der Waals surface area (Å²) in [6, 6.07) is 53.3. The summed E-state index contributed by atoms with van der Waals surface area (Å²) < 4.78 is 3.45. The average Bonchev–Trinajstić information content (AvgIpc) is 3.48. The summed E-state index contributed by atoms with van der Waals surface area (Å²) in [7, 11) is 0. The smallest absolute Gasteiger partial charge is 0.0713 e. The van der Waals surface area contributed by atoms with Gasteiger partial charge in [-0.2, -0.15) is 0 Å². The Hall–Kier alpha value is -4.40. The first-order valence-corrected chi connectivity index (χ1v) is 14.1. The van der Waals surface area contributed by atoms with Crippen LogP contribution in [0.25, 0.3) is 38.6 Å². The van der Waals surface area contributed by atoms with E-state index in [-0.39, 0.29) is 0 Å². The normalized spacial score (nSPS) is 13.5. The van der Waals surface area contributed by atoms with E-state index in [4.69, 9.17) is 0 Å². The first-order valence-electron chi connectivity index (χ1n) is 13.3. The molecule has 0 amide bonds. The van der Waals surface area contributed by atoms with Crippen LogP contribution in [0.15, 0.2) is 150 Å². The van der Waals surface area contributed by atoms with Gasteiger partial charge in [-0.1, -0.05) is 125 Å². The van der Waals surface area contributed by atoms with Crippen LogP contribution in [-0.2, 0) is 5.41 Å². The van der Waals surface area contributed by atoms with Gasteiger partial charge in [-0.05, 0) is 69.8 Å². The molecule has 0 spiro atoms. The fourth-order valence-electron chi connectivity index (χ4n) is 6.81. The minimum atomic E-state index is -0.401. The van der Waals surface area contributed by atoms with E-state index < -0.39 is 5.41 Å². The van der Waals surface area contributed by atoms with E-state index in [9.17, 15) is 0 Å². The second kappa shape index (κ2) is 8.56. The average molecular weight is 563 g/mol. The predicted molar refractivity (Wildman–Crippen MR) is 166 cm³/mol. The van der Waals surface area contributed by atoms with Gasteiger partial charge in [0.05, 0.1) is 16.4 Å². The highest BCUT2D eigenvalue weighted by atomic mass is 79.9. The van der Waals surface area contributed by atoms with Gasteiger partial charge in [0.25, 0.3) is 0 Å². The lowest BCUT2D eigenvalue weighted by Gasteiger charge is -2.34. The van der Waals surface area contributed by atoms with Crippen LogP contribution in [0.2, 0.25) is 0 Å². The topological polar surface area (TPSA) is 4.93 Å². The third-order valence-corrected chi connectivity index (χ3v) is 8.82. The largest absolute Gasteiger partial charge is 0.309 e. The molecule has 6 aromatic carbocycles. The van der Waals surface area contributed by atoms with Crippen molar-refractivity contribution in [3.05, 3.63) is 172 Å². The van der Waals surface area contributed by atoms with Crippen molar-refractivity contribution in [2.24, 2.45) is 0 Å². The van der Waals surface area contributed by atoms with Crippen LogP contribution in [0.4, 0.5) is 0 Å². The van der Waals surface area contributed by atoms with Crippen LogP contribution < -0.4 is 0 Å². The molecule has 2 heteroatoms. The van der Waals surface area contributed by atoms with Gasteiger partial charge in [-0.25, -0.2) is 0 Å². The molecule has 0 atom stereocenters. The number of aromatic nitrogens is 1. The van der Waals surface area contributed by atoms with Crippen LogP contribution in [-0.4, -0.2) is 4.57 Å². The first-order chi connectivity index (χ1) is 19.3. The second-order valence-electron chi connectivity index (χ2n) is 10.3. The van der Waals surface area contributed by atoms with Gasteiger partial charge in [0.1, 0.15) is 0 Å². The Labute approximate surface area is 236 Å². The van der Waals surface area contributed by atoms with Crippen molar-refractivity contribution in [1.29, 1.82) is 0 Å². The molecule has 39 heavy (non-hydrogen) atoms. The van der Waals surface area contributed by atoms with Gasteiger partial charge < -0.3 is 4.57 Å². The lowest BCUT2D eigenvalue weighted by Crippen LogP contribution is -2.28. The minimum absolute atomic E-state index is 0.401. The summed E-state index contributed by atoms with van der Waals surface area (Å²) in [4.78, 5) is 0. The van der Waals surface area contributed by atoms with Gasteiger partial charge >= 0.3 is 0 Å². The minimum Gasteiger partial charge on any atom is -0.309 e. The zero-order valence-corrected chi connectivity index (χ0v) is 22.8. The van der Waals surface area contributed by atoms with Gasteiger partial charge in [-0.15, -0.1) is 0 Å². The number of hydrogen-bond acceptors (Lipinski definition) is 0. The van der Waals surface area contributed by atoms with E-state index in [0.29, 0.717) is 0 Å². The van der Waals surface area contributed by atoms with Crippen molar-refractivity contribution in [2.75, 3.05) is 0 Å². The second-order valence-corrected chi connectivity index (χ2v) is 11.2. The molecule has 1 heterocycles. The number of rotatable bonds is 3. The zero-order valence-electron chi connectivity index (χ0n) is 21.2. The van der Waals surface area contributed by atoms with Crippen molar-refractivity contribution < 1.29 is 0 Å². The van der Waals surface area contributed by atoms with E-state index in [1.54, 1.807) is 0 Å². The fourth-order valence-corrected chi connectivity index (χ4v) is 7.20. The van der Waals surface area contributed by atoms with Crippen LogP contribution in [0.1, 0.15) is 22.3 Å². The summed E-state index contributed by atoms with van der Waals surface area (Å²) in [5.41, 5.74) is 11.1. The molecule has 0 fully saturated rings. The number of nitrogens with zero attached hydrogens (tertiary/aromatic N) is 1. The molecule has 0 unspecified atom stereocenters. The molecule has 7 aromatic rings. The van der Waals surface area contributed by atoms with Crippen molar-refractivity contribution >= 4 is 37.7 Å². The summed E-state index contributed by atoms with van der Waals surface area (Å²) in [5, 5.41) is 2.53. The predicted octanol–water partition coefficient (Wildman–Crippen LogP) is 9.91. The Morgan fingerprint density at radius 2 is 1.10 bits per heavy atom. The highest BCUT2D eigenvalue weighted by Crippen LogP contribution is 2.56. The van der Waals surface area contributed by atoms with Crippen LogP contribution in [0, 0.1) is 0 Å². The first kappa shape index (κ1) is 22.6. The van der Waals surface area contributed by atoms with Crippen LogP contribution in [0.3, 0.4) is 0 Å². The molecule has 1 nitrogen and oxygen atoms in total. The standard InChI is InChI=1S/C37H24BrN/c38-27-13-10-14-28(24-27)39-35-20-9-6-17-31(35)32-23-26(21-22-36(32)39)37(25-11-2-1-3-12-25)33-18-7-4-15-29(33)30-16-5-8-19-34(30)37/h1-24H. The van der Waals surface area contributed by atoms with Crippen LogP contribution in [0.5, 0.6) is 0 Å². The number of hydrogen-bond donors (Lipinski definition) is 0. The fraction of sp³-hybridized carbons (Fsp3) is 0.0270. The SMILES string of the molecule is Brc1cccc(-n2c3ccccc3c3cc(C4(c5ccccc5)c5ccccc5-c5ccccc54)ccc32)c1. The summed E-state index contributed by atoms with van der Waals surface area (Å²) in [6.07, 6.45) is 0. The van der Waals surface area contributed by atoms with Gasteiger partial charge in [0.2, 0.25) is 0 Å². The third-order valence-electron chi connectivity index (χ3n) is 8.33. The summed E-state index contributed by atoms with van der Waals surface area (Å²) >= 11 is 3.68. The molecule has 1 aliphatic carbocycles. The molecule has 1 aromatic heterocycles. The lowest BCUT2D eigenvalue weighted by atomic mass is 9.67. The maximum absolute atomic E-state index is 3.68. The Morgan fingerprint density at radius 3 is 1.85 bits per heavy atom. The molecule has 0 aliphatic heterocycles. The third kappa shape index (κ3) is 3.13. The highest BCUT2D eigenvalue weighted by molar-refractivity contribution is 9.10.